The Hall–Kier alpha value is -4.80. The minimum atomic E-state index is -1.19. The summed E-state index contributed by atoms with van der Waals surface area (Å²) >= 11 is 12.3. The first-order chi connectivity index (χ1) is 33.6. The number of hydrazine groups is 2. The zero-order valence-electron chi connectivity index (χ0n) is 41.1. The molecule has 4 fully saturated rings. The molecular formula is C46H74Cl2F2N14O6. The fourth-order valence-corrected chi connectivity index (χ4v) is 10.6. The summed E-state index contributed by atoms with van der Waals surface area (Å²) in [4.78, 5) is 72.3. The minimum absolute atomic E-state index is 0.0155. The van der Waals surface area contributed by atoms with Gasteiger partial charge >= 0.3 is 12.2 Å². The van der Waals surface area contributed by atoms with Crippen molar-refractivity contribution >= 4 is 70.5 Å². The Morgan fingerprint density at radius 3 is 1.29 bits per heavy atom. The molecular weight excluding hydrogens is 953 g/mol. The van der Waals surface area contributed by atoms with Gasteiger partial charge in [0.05, 0.1) is 11.8 Å². The van der Waals surface area contributed by atoms with E-state index in [4.69, 9.17) is 33.4 Å². The number of carbonyl (C=O) groups excluding carboxylic acids is 2. The number of halogens is 4. The smallest absolute Gasteiger partial charge is 0.404 e. The summed E-state index contributed by atoms with van der Waals surface area (Å²) in [6.07, 6.45) is 11.0. The predicted molar refractivity (Wildman–Crippen MR) is 266 cm³/mol. The van der Waals surface area contributed by atoms with E-state index >= 15 is 8.78 Å². The topological polar surface area (TPSA) is 245 Å². The Morgan fingerprint density at radius 1 is 0.600 bits per heavy atom. The molecule has 0 bridgehead atoms. The summed E-state index contributed by atoms with van der Waals surface area (Å²) in [5.74, 6) is -2.85. The second kappa shape index (κ2) is 28.3. The third-order valence-corrected chi connectivity index (χ3v) is 14.5. The Bertz CT molecular complexity index is 1880. The summed E-state index contributed by atoms with van der Waals surface area (Å²) < 4.78 is 30.9. The quantitative estimate of drug-likeness (QED) is 0.0391. The van der Waals surface area contributed by atoms with E-state index in [1.165, 1.54) is 0 Å². The first-order valence-corrected chi connectivity index (χ1v) is 25.9. The van der Waals surface area contributed by atoms with Gasteiger partial charge in [0.1, 0.15) is 0 Å². The van der Waals surface area contributed by atoms with Crippen molar-refractivity contribution < 1.29 is 38.2 Å². The Balaban J connectivity index is 0.000000261. The predicted octanol–water partition coefficient (Wildman–Crippen LogP) is 6.97. The van der Waals surface area contributed by atoms with Crippen molar-refractivity contribution in [2.45, 2.75) is 130 Å². The van der Waals surface area contributed by atoms with Crippen molar-refractivity contribution in [1.82, 2.24) is 51.2 Å². The van der Waals surface area contributed by atoms with E-state index in [0.717, 1.165) is 116 Å². The number of anilines is 4. The first kappa shape index (κ1) is 56.1. The van der Waals surface area contributed by atoms with Gasteiger partial charge in [-0.15, -0.1) is 0 Å². The molecule has 2 aromatic heterocycles. The Morgan fingerprint density at radius 2 is 0.957 bits per heavy atom. The number of aromatic nitrogens is 4. The van der Waals surface area contributed by atoms with Crippen LogP contribution in [0, 0.1) is 35.3 Å². The third kappa shape index (κ3) is 16.6. The van der Waals surface area contributed by atoms with Crippen LogP contribution in [0.5, 0.6) is 0 Å². The number of carbonyl (C=O) groups is 4. The number of nitrogens with one attached hydrogen (secondary N) is 6. The van der Waals surface area contributed by atoms with E-state index in [0.29, 0.717) is 37.8 Å². The highest BCUT2D eigenvalue weighted by atomic mass is 35.5. The lowest BCUT2D eigenvalue weighted by molar-refractivity contribution is -0.125. The first-order valence-electron chi connectivity index (χ1n) is 25.1. The van der Waals surface area contributed by atoms with Gasteiger partial charge in [-0.1, -0.05) is 79.1 Å². The van der Waals surface area contributed by atoms with Crippen LogP contribution in [0.1, 0.15) is 118 Å². The SMILES string of the molecule is CCN(CC)C[C@@H]1CCCN1c1nc(Cl)nc(NNC(=O)[C@@H](CNC(=O)O)CC2CCCC2)c1F.CCN(CC)C[C@@H]1CCCN1c1nc(Cl)nc(NNC(=O)[C@@H](CNC(=O)O)CC2CCCC2)c1F. The van der Waals surface area contributed by atoms with Gasteiger partial charge in [0, 0.05) is 51.4 Å². The average molecular weight is 1030 g/mol. The maximum Gasteiger partial charge on any atom is 0.404 e. The molecule has 0 aromatic carbocycles. The molecule has 4 heterocycles. The highest BCUT2D eigenvalue weighted by molar-refractivity contribution is 6.28. The monoisotopic (exact) mass is 1030 g/mol. The zero-order valence-corrected chi connectivity index (χ0v) is 42.6. The number of hydrogen-bond donors (Lipinski definition) is 8. The molecule has 2 aliphatic heterocycles. The van der Waals surface area contributed by atoms with E-state index < -0.39 is 47.5 Å². The second-order valence-electron chi connectivity index (χ2n) is 18.7. The molecule has 4 aliphatic rings. The van der Waals surface area contributed by atoms with Crippen LogP contribution in [0.25, 0.3) is 0 Å². The standard InChI is InChI=1S/2C23H37ClFN7O3/c2*1-3-31(4-2)14-17-10-7-11-32(17)20-18(25)19(27-22(24)28-20)29-30-21(33)16(13-26-23(34)35)12-15-8-5-6-9-15/h2*15-17,26H,3-14H2,1-2H3,(H,30,33)(H,34,35)(H,27,28,29)/t2*16-,17+/m11/s1. The van der Waals surface area contributed by atoms with Crippen LogP contribution in [0.15, 0.2) is 0 Å². The summed E-state index contributed by atoms with van der Waals surface area (Å²) in [6, 6.07) is 0.214. The molecule has 0 spiro atoms. The number of amides is 4. The summed E-state index contributed by atoms with van der Waals surface area (Å²) in [5.41, 5.74) is 10.1. The van der Waals surface area contributed by atoms with Crippen LogP contribution in [0.4, 0.5) is 41.6 Å². The molecule has 2 saturated carbocycles. The highest BCUT2D eigenvalue weighted by Crippen LogP contribution is 2.34. The van der Waals surface area contributed by atoms with Crippen LogP contribution in [0.3, 0.4) is 0 Å². The minimum Gasteiger partial charge on any atom is -0.465 e. The lowest BCUT2D eigenvalue weighted by Gasteiger charge is -2.30. The number of rotatable bonds is 24. The normalized spacial score (nSPS) is 19.2. The molecule has 20 nitrogen and oxygen atoms in total. The van der Waals surface area contributed by atoms with Gasteiger partial charge < -0.3 is 40.4 Å². The van der Waals surface area contributed by atoms with Crippen molar-refractivity contribution in [2.75, 3.05) is 86.1 Å². The molecule has 4 amide bonds. The fraction of sp³-hybridized carbons (Fsp3) is 0.739. The molecule has 24 heteroatoms. The summed E-state index contributed by atoms with van der Waals surface area (Å²) in [7, 11) is 0. The molecule has 8 N–H and O–H groups in total. The number of hydrogen-bond acceptors (Lipinski definition) is 14. The van der Waals surface area contributed by atoms with Gasteiger partial charge in [-0.2, -0.15) is 28.7 Å². The van der Waals surface area contributed by atoms with E-state index in [1.807, 2.05) is 9.80 Å². The largest absolute Gasteiger partial charge is 0.465 e. The lowest BCUT2D eigenvalue weighted by Crippen LogP contribution is -2.42. The number of carboxylic acid groups (broad SMARTS) is 2. The molecule has 0 radical (unpaired) electrons. The number of nitrogens with zero attached hydrogens (tertiary/aromatic N) is 8. The van der Waals surface area contributed by atoms with Gasteiger partial charge in [-0.3, -0.25) is 31.3 Å². The molecule has 2 aromatic rings. The van der Waals surface area contributed by atoms with Gasteiger partial charge in [0.15, 0.2) is 23.3 Å². The molecule has 2 aliphatic carbocycles. The fourth-order valence-electron chi connectivity index (χ4n) is 10.3. The van der Waals surface area contributed by atoms with E-state index in [-0.39, 0.29) is 59.0 Å². The van der Waals surface area contributed by atoms with Crippen LogP contribution in [-0.4, -0.2) is 141 Å². The van der Waals surface area contributed by atoms with E-state index in [1.54, 1.807) is 0 Å². The van der Waals surface area contributed by atoms with Crippen molar-refractivity contribution in [3.8, 4) is 0 Å². The van der Waals surface area contributed by atoms with Gasteiger partial charge in [-0.05, 0) is 99.7 Å². The van der Waals surface area contributed by atoms with Crippen molar-refractivity contribution in [2.24, 2.45) is 23.7 Å². The van der Waals surface area contributed by atoms with Crippen LogP contribution in [-0.2, 0) is 9.59 Å². The van der Waals surface area contributed by atoms with Gasteiger partial charge in [0.2, 0.25) is 34.0 Å². The van der Waals surface area contributed by atoms with Crippen molar-refractivity contribution in [3.63, 3.8) is 0 Å². The van der Waals surface area contributed by atoms with Crippen LogP contribution >= 0.6 is 23.2 Å². The molecule has 4 atom stereocenters. The van der Waals surface area contributed by atoms with E-state index in [2.05, 4.69) is 89.8 Å². The second-order valence-corrected chi connectivity index (χ2v) is 19.4. The molecule has 6 rings (SSSR count). The van der Waals surface area contributed by atoms with Gasteiger partial charge in [0.25, 0.3) is 0 Å². The van der Waals surface area contributed by atoms with Crippen LogP contribution < -0.4 is 42.1 Å². The highest BCUT2D eigenvalue weighted by Gasteiger charge is 2.34. The molecule has 0 unspecified atom stereocenters. The zero-order chi connectivity index (χ0) is 50.7. The third-order valence-electron chi connectivity index (χ3n) is 14.2. The number of likely N-dealkylation sites (N-methyl/N-ethyl adjacent to an activating group) is 2. The summed E-state index contributed by atoms with van der Waals surface area (Å²) in [6.45, 7) is 14.9. The van der Waals surface area contributed by atoms with Crippen LogP contribution in [0.2, 0.25) is 10.6 Å². The maximum atomic E-state index is 15.5. The average Bonchev–Trinajstić information content (AvgIpc) is 4.20. The molecule has 392 valence electrons. The molecule has 70 heavy (non-hydrogen) atoms. The lowest BCUT2D eigenvalue weighted by atomic mass is 9.92. The van der Waals surface area contributed by atoms with Gasteiger partial charge in [-0.25, -0.2) is 9.59 Å². The Labute approximate surface area is 420 Å². The summed E-state index contributed by atoms with van der Waals surface area (Å²) in [5, 5.41) is 22.3. The molecule has 2 saturated heterocycles. The van der Waals surface area contributed by atoms with Crippen molar-refractivity contribution in [3.05, 3.63) is 22.2 Å². The van der Waals surface area contributed by atoms with Crippen molar-refractivity contribution in [1.29, 1.82) is 0 Å². The van der Waals surface area contributed by atoms with E-state index in [9.17, 15) is 19.2 Å². The Kier molecular flexibility index (Phi) is 22.7. The maximum absolute atomic E-state index is 15.5.